The predicted molar refractivity (Wildman–Crippen MR) is 113 cm³/mol. The van der Waals surface area contributed by atoms with Gasteiger partial charge in [0, 0.05) is 6.61 Å². The van der Waals surface area contributed by atoms with Crippen LogP contribution in [0.3, 0.4) is 0 Å². The Kier molecular flexibility index (Phi) is 15.6. The molecule has 1 rings (SSSR count). The summed E-state index contributed by atoms with van der Waals surface area (Å²) < 4.78 is 11.0. The van der Waals surface area contributed by atoms with Gasteiger partial charge in [-0.2, -0.15) is 0 Å². The number of rotatable bonds is 18. The van der Waals surface area contributed by atoms with Crippen LogP contribution in [0.5, 0.6) is 0 Å². The minimum Gasteiger partial charge on any atom is -0.379 e. The number of aryl methyl sites for hydroxylation is 1. The second-order valence-corrected chi connectivity index (χ2v) is 7.66. The van der Waals surface area contributed by atoms with Crippen LogP contribution < -0.4 is 0 Å². The molecule has 0 aliphatic carbocycles. The molecule has 0 atom stereocenters. The van der Waals surface area contributed by atoms with Gasteiger partial charge in [-0.25, -0.2) is 0 Å². The van der Waals surface area contributed by atoms with E-state index in [0.717, 1.165) is 19.8 Å². The van der Waals surface area contributed by atoms with E-state index in [1.165, 1.54) is 82.6 Å². The molecule has 0 saturated carbocycles. The number of hydrogen-bond donors (Lipinski definition) is 0. The van der Waals surface area contributed by atoms with E-state index in [-0.39, 0.29) is 0 Å². The van der Waals surface area contributed by atoms with Gasteiger partial charge in [-0.15, -0.1) is 0 Å². The molecule has 0 fully saturated rings. The van der Waals surface area contributed by atoms with E-state index in [9.17, 15) is 0 Å². The molecule has 0 radical (unpaired) electrons. The fourth-order valence-corrected chi connectivity index (χ4v) is 3.21. The van der Waals surface area contributed by atoms with E-state index in [1.807, 2.05) is 0 Å². The van der Waals surface area contributed by atoms with Crippen molar-refractivity contribution in [3.05, 3.63) is 35.9 Å². The molecule has 0 bridgehead atoms. The summed E-state index contributed by atoms with van der Waals surface area (Å²) in [5.74, 6) is 0. The fraction of sp³-hybridized carbons (Fsp3) is 0.750. The molecule has 1 aromatic carbocycles. The zero-order valence-electron chi connectivity index (χ0n) is 17.4. The number of unbranched alkanes of at least 4 members (excludes halogenated alkanes) is 10. The molecule has 0 spiro atoms. The summed E-state index contributed by atoms with van der Waals surface area (Å²) >= 11 is 0. The van der Waals surface area contributed by atoms with Crippen molar-refractivity contribution in [3.63, 3.8) is 0 Å². The van der Waals surface area contributed by atoms with Crippen LogP contribution in [0.15, 0.2) is 30.3 Å². The molecular weight excluding hydrogens is 320 g/mol. The maximum atomic E-state index is 5.58. The molecule has 2 nitrogen and oxygen atoms in total. The molecule has 26 heavy (non-hydrogen) atoms. The normalized spacial score (nSPS) is 11.3. The number of hydrogen-bond acceptors (Lipinski definition) is 2. The maximum absolute atomic E-state index is 5.58. The fourth-order valence-electron chi connectivity index (χ4n) is 3.21. The summed E-state index contributed by atoms with van der Waals surface area (Å²) in [6.45, 7) is 6.48. The first-order valence-corrected chi connectivity index (χ1v) is 11.0. The van der Waals surface area contributed by atoms with Crippen LogP contribution in [0.1, 0.15) is 90.0 Å². The Labute approximate surface area is 162 Å². The highest BCUT2D eigenvalue weighted by Gasteiger charge is 1.96. The van der Waals surface area contributed by atoms with Gasteiger partial charge >= 0.3 is 0 Å². The van der Waals surface area contributed by atoms with Crippen molar-refractivity contribution in [1.29, 1.82) is 0 Å². The van der Waals surface area contributed by atoms with Gasteiger partial charge in [0.15, 0.2) is 0 Å². The van der Waals surface area contributed by atoms with Crippen molar-refractivity contribution >= 4 is 0 Å². The predicted octanol–water partition coefficient (Wildman–Crippen LogP) is 6.96. The van der Waals surface area contributed by atoms with Crippen LogP contribution in [-0.4, -0.2) is 25.9 Å². The van der Waals surface area contributed by atoms with Crippen molar-refractivity contribution in [2.45, 2.75) is 97.0 Å². The van der Waals surface area contributed by atoms with Crippen molar-refractivity contribution in [1.82, 2.24) is 0 Å². The van der Waals surface area contributed by atoms with E-state index >= 15 is 0 Å². The molecule has 0 aliphatic rings. The lowest BCUT2D eigenvalue weighted by atomic mass is 10.0. The Hall–Kier alpha value is -0.860. The van der Waals surface area contributed by atoms with Crippen LogP contribution in [0.2, 0.25) is 0 Å². The van der Waals surface area contributed by atoms with E-state index in [0.29, 0.717) is 6.10 Å². The van der Waals surface area contributed by atoms with Gasteiger partial charge < -0.3 is 9.47 Å². The third kappa shape index (κ3) is 15.4. The summed E-state index contributed by atoms with van der Waals surface area (Å²) in [5.41, 5.74) is 1.49. The average molecular weight is 363 g/mol. The first-order valence-electron chi connectivity index (χ1n) is 11.0. The Balaban J connectivity index is 1.70. The average Bonchev–Trinajstić information content (AvgIpc) is 2.65. The Morgan fingerprint density at radius 3 is 1.73 bits per heavy atom. The van der Waals surface area contributed by atoms with Crippen LogP contribution in [0.25, 0.3) is 0 Å². The molecule has 150 valence electrons. The molecular formula is C24H42O2. The third-order valence-corrected chi connectivity index (χ3v) is 4.78. The summed E-state index contributed by atoms with van der Waals surface area (Å²) in [5, 5.41) is 0. The lowest BCUT2D eigenvalue weighted by molar-refractivity contribution is 0.0186. The summed E-state index contributed by atoms with van der Waals surface area (Å²) in [6, 6.07) is 10.9. The number of benzene rings is 1. The first-order chi connectivity index (χ1) is 12.8. The second kappa shape index (κ2) is 17.5. The maximum Gasteiger partial charge on any atom is 0.0703 e. The van der Waals surface area contributed by atoms with E-state index in [2.05, 4.69) is 44.2 Å². The lowest BCUT2D eigenvalue weighted by Crippen LogP contribution is -2.10. The molecule has 0 unspecified atom stereocenters. The lowest BCUT2D eigenvalue weighted by Gasteiger charge is -2.08. The summed E-state index contributed by atoms with van der Waals surface area (Å²) in [7, 11) is 0. The molecule has 0 aliphatic heterocycles. The first kappa shape index (κ1) is 23.2. The molecule has 1 aromatic rings. The molecule has 0 N–H and O–H groups in total. The van der Waals surface area contributed by atoms with Gasteiger partial charge in [-0.3, -0.25) is 0 Å². The van der Waals surface area contributed by atoms with Gasteiger partial charge in [0.05, 0.1) is 19.3 Å². The van der Waals surface area contributed by atoms with E-state index in [4.69, 9.17) is 9.47 Å². The minimum absolute atomic E-state index is 0.313. The Morgan fingerprint density at radius 2 is 1.15 bits per heavy atom. The Morgan fingerprint density at radius 1 is 0.615 bits per heavy atom. The van der Waals surface area contributed by atoms with E-state index in [1.54, 1.807) is 0 Å². The van der Waals surface area contributed by atoms with Gasteiger partial charge in [0.1, 0.15) is 0 Å². The SMILES string of the molecule is CC(C)OCCOCCCCCCCCCCCCCc1ccccc1. The van der Waals surface area contributed by atoms with Crippen LogP contribution in [0.4, 0.5) is 0 Å². The monoisotopic (exact) mass is 362 g/mol. The summed E-state index contributed by atoms with van der Waals surface area (Å²) in [4.78, 5) is 0. The largest absolute Gasteiger partial charge is 0.379 e. The number of ether oxygens (including phenoxy) is 2. The smallest absolute Gasteiger partial charge is 0.0703 e. The van der Waals surface area contributed by atoms with Crippen LogP contribution in [-0.2, 0) is 15.9 Å². The molecule has 0 aromatic heterocycles. The highest BCUT2D eigenvalue weighted by molar-refractivity contribution is 5.14. The second-order valence-electron chi connectivity index (χ2n) is 7.66. The minimum atomic E-state index is 0.313. The summed E-state index contributed by atoms with van der Waals surface area (Å²) in [6.07, 6.45) is 16.6. The van der Waals surface area contributed by atoms with Gasteiger partial charge in [0.25, 0.3) is 0 Å². The molecule has 0 saturated heterocycles. The third-order valence-electron chi connectivity index (χ3n) is 4.78. The van der Waals surface area contributed by atoms with Crippen molar-refractivity contribution in [3.8, 4) is 0 Å². The van der Waals surface area contributed by atoms with E-state index < -0.39 is 0 Å². The highest BCUT2D eigenvalue weighted by atomic mass is 16.5. The standard InChI is InChI=1S/C24H42O2/c1-23(2)26-22-21-25-20-16-11-9-7-5-3-4-6-8-10-13-17-24-18-14-12-15-19-24/h12,14-15,18-19,23H,3-11,13,16-17,20-22H2,1-2H3. The quantitative estimate of drug-likeness (QED) is 0.263. The van der Waals surface area contributed by atoms with Gasteiger partial charge in [-0.1, -0.05) is 88.1 Å². The van der Waals surface area contributed by atoms with Crippen molar-refractivity contribution in [2.24, 2.45) is 0 Å². The van der Waals surface area contributed by atoms with Crippen molar-refractivity contribution in [2.75, 3.05) is 19.8 Å². The molecule has 0 heterocycles. The zero-order chi connectivity index (χ0) is 18.7. The highest BCUT2D eigenvalue weighted by Crippen LogP contribution is 2.13. The zero-order valence-corrected chi connectivity index (χ0v) is 17.4. The van der Waals surface area contributed by atoms with Gasteiger partial charge in [-0.05, 0) is 38.7 Å². The Bertz CT molecular complexity index is 388. The van der Waals surface area contributed by atoms with Crippen LogP contribution >= 0.6 is 0 Å². The molecule has 2 heteroatoms. The van der Waals surface area contributed by atoms with Crippen LogP contribution in [0, 0.1) is 0 Å². The topological polar surface area (TPSA) is 18.5 Å². The molecule has 0 amide bonds. The van der Waals surface area contributed by atoms with Gasteiger partial charge in [0.2, 0.25) is 0 Å². The van der Waals surface area contributed by atoms with Crippen molar-refractivity contribution < 1.29 is 9.47 Å².